The third-order valence-electron chi connectivity index (χ3n) is 3.50. The van der Waals surface area contributed by atoms with Crippen LogP contribution in [0.3, 0.4) is 0 Å². The summed E-state index contributed by atoms with van der Waals surface area (Å²) in [5.74, 6) is 0.665. The second kappa shape index (κ2) is 6.98. The number of hydrogen-bond donors (Lipinski definition) is 1. The highest BCUT2D eigenvalue weighted by Crippen LogP contribution is 2.20. The molecule has 1 aromatic carbocycles. The average molecular weight is 259 g/mol. The number of carbonyl (C=O) groups is 1. The van der Waals surface area contributed by atoms with Crippen LogP contribution in [-0.4, -0.2) is 12.1 Å². The molecule has 3 heteroatoms. The van der Waals surface area contributed by atoms with Gasteiger partial charge in [-0.25, -0.2) is 4.79 Å². The first kappa shape index (κ1) is 13.7. The van der Waals surface area contributed by atoms with Crippen LogP contribution < -0.4 is 5.32 Å². The highest BCUT2D eigenvalue weighted by Gasteiger charge is 2.16. The first-order chi connectivity index (χ1) is 9.28. The van der Waals surface area contributed by atoms with Gasteiger partial charge in [-0.3, -0.25) is 0 Å². The predicted molar refractivity (Wildman–Crippen MR) is 75.7 cm³/mol. The Balaban J connectivity index is 1.73. The molecule has 0 fully saturated rings. The molecule has 0 aromatic heterocycles. The van der Waals surface area contributed by atoms with Crippen molar-refractivity contribution in [2.75, 3.05) is 0 Å². The third-order valence-corrected chi connectivity index (χ3v) is 3.50. The van der Waals surface area contributed by atoms with E-state index in [4.69, 9.17) is 4.74 Å². The van der Waals surface area contributed by atoms with E-state index >= 15 is 0 Å². The first-order valence-electron chi connectivity index (χ1n) is 6.93. The molecular formula is C16H21NO2. The maximum Gasteiger partial charge on any atom is 0.407 e. The van der Waals surface area contributed by atoms with E-state index in [1.54, 1.807) is 0 Å². The molecule has 0 saturated carbocycles. The minimum Gasteiger partial charge on any atom is -0.445 e. The summed E-state index contributed by atoms with van der Waals surface area (Å²) >= 11 is 0. The Kier molecular flexibility index (Phi) is 5.01. The van der Waals surface area contributed by atoms with Gasteiger partial charge in [-0.1, -0.05) is 49.4 Å². The zero-order valence-electron chi connectivity index (χ0n) is 11.3. The van der Waals surface area contributed by atoms with Gasteiger partial charge in [-0.15, -0.1) is 0 Å². The van der Waals surface area contributed by atoms with Crippen LogP contribution in [0.2, 0.25) is 0 Å². The van der Waals surface area contributed by atoms with Crippen molar-refractivity contribution < 1.29 is 9.53 Å². The van der Waals surface area contributed by atoms with Gasteiger partial charge in [0.25, 0.3) is 0 Å². The number of benzene rings is 1. The topological polar surface area (TPSA) is 38.3 Å². The normalized spacial score (nSPS) is 21.9. The molecule has 0 unspecified atom stereocenters. The van der Waals surface area contributed by atoms with Crippen LogP contribution >= 0.6 is 0 Å². The monoisotopic (exact) mass is 259 g/mol. The lowest BCUT2D eigenvalue weighted by atomic mass is 9.91. The standard InChI is InChI=1S/C16H21NO2/c1-2-13-8-10-15(11-9-13)17-16(18)19-12-14-6-4-3-5-7-14/h3-8,10,13,15H,2,9,11-12H2,1H3,(H,17,18)/t13-,15+/m1/s1. The fourth-order valence-electron chi connectivity index (χ4n) is 2.25. The lowest BCUT2D eigenvalue weighted by Gasteiger charge is -2.22. The Morgan fingerprint density at radius 3 is 2.68 bits per heavy atom. The zero-order valence-corrected chi connectivity index (χ0v) is 11.3. The Labute approximate surface area is 114 Å². The van der Waals surface area contributed by atoms with Crippen LogP contribution in [-0.2, 0) is 11.3 Å². The number of allylic oxidation sites excluding steroid dienone is 1. The van der Waals surface area contributed by atoms with Gasteiger partial charge in [0.2, 0.25) is 0 Å². The molecule has 0 saturated heterocycles. The molecule has 2 rings (SSSR count). The predicted octanol–water partition coefficient (Wildman–Crippen LogP) is 3.66. The Bertz CT molecular complexity index is 428. The van der Waals surface area contributed by atoms with Crippen LogP contribution in [0.4, 0.5) is 4.79 Å². The van der Waals surface area contributed by atoms with E-state index in [-0.39, 0.29) is 12.1 Å². The van der Waals surface area contributed by atoms with Crippen molar-refractivity contribution in [3.63, 3.8) is 0 Å². The molecule has 2 atom stereocenters. The molecule has 1 N–H and O–H groups in total. The smallest absolute Gasteiger partial charge is 0.407 e. The number of ether oxygens (including phenoxy) is 1. The molecule has 3 nitrogen and oxygen atoms in total. The quantitative estimate of drug-likeness (QED) is 0.838. The van der Waals surface area contributed by atoms with Gasteiger partial charge < -0.3 is 10.1 Å². The maximum atomic E-state index is 11.7. The highest BCUT2D eigenvalue weighted by molar-refractivity contribution is 5.68. The summed E-state index contributed by atoms with van der Waals surface area (Å²) in [4.78, 5) is 11.7. The van der Waals surface area contributed by atoms with Crippen molar-refractivity contribution in [1.82, 2.24) is 5.32 Å². The summed E-state index contributed by atoms with van der Waals surface area (Å²) in [6, 6.07) is 9.82. The van der Waals surface area contributed by atoms with E-state index in [1.807, 2.05) is 30.3 Å². The molecule has 0 bridgehead atoms. The van der Waals surface area contributed by atoms with Crippen LogP contribution in [0, 0.1) is 5.92 Å². The van der Waals surface area contributed by atoms with Gasteiger partial charge in [0.1, 0.15) is 6.61 Å². The van der Waals surface area contributed by atoms with E-state index in [2.05, 4.69) is 24.4 Å². The molecule has 1 aliphatic carbocycles. The summed E-state index contributed by atoms with van der Waals surface area (Å²) in [7, 11) is 0. The van der Waals surface area contributed by atoms with Crippen molar-refractivity contribution in [2.45, 2.75) is 38.8 Å². The van der Waals surface area contributed by atoms with Crippen molar-refractivity contribution in [3.05, 3.63) is 48.0 Å². The molecule has 1 aliphatic rings. The number of alkyl carbamates (subject to hydrolysis) is 1. The second-order valence-corrected chi connectivity index (χ2v) is 4.94. The second-order valence-electron chi connectivity index (χ2n) is 4.94. The molecule has 0 aliphatic heterocycles. The molecule has 19 heavy (non-hydrogen) atoms. The minimum atomic E-state index is -0.339. The Hall–Kier alpha value is -1.77. The zero-order chi connectivity index (χ0) is 13.5. The first-order valence-corrected chi connectivity index (χ1v) is 6.93. The van der Waals surface area contributed by atoms with Crippen molar-refractivity contribution in [3.8, 4) is 0 Å². The number of nitrogens with one attached hydrogen (secondary N) is 1. The van der Waals surface area contributed by atoms with E-state index in [9.17, 15) is 4.79 Å². The van der Waals surface area contributed by atoms with Crippen LogP contribution in [0.25, 0.3) is 0 Å². The molecule has 0 spiro atoms. The summed E-state index contributed by atoms with van der Waals surface area (Å²) in [6.45, 7) is 2.51. The number of hydrogen-bond acceptors (Lipinski definition) is 2. The SMILES string of the molecule is CC[C@@H]1C=C[C@H](NC(=O)OCc2ccccc2)CC1. The van der Waals surface area contributed by atoms with Gasteiger partial charge in [0.15, 0.2) is 0 Å². The van der Waals surface area contributed by atoms with Gasteiger partial charge in [0, 0.05) is 0 Å². The average Bonchev–Trinajstić information content (AvgIpc) is 2.47. The fraction of sp³-hybridized carbons (Fsp3) is 0.438. The largest absolute Gasteiger partial charge is 0.445 e. The van der Waals surface area contributed by atoms with Crippen molar-refractivity contribution in [1.29, 1.82) is 0 Å². The molecular weight excluding hydrogens is 238 g/mol. The number of rotatable bonds is 4. The molecule has 0 heterocycles. The van der Waals surface area contributed by atoms with Crippen LogP contribution in [0.15, 0.2) is 42.5 Å². The summed E-state index contributed by atoms with van der Waals surface area (Å²) in [6.07, 6.45) is 7.24. The van der Waals surface area contributed by atoms with Crippen LogP contribution in [0.5, 0.6) is 0 Å². The number of amides is 1. The van der Waals surface area contributed by atoms with Gasteiger partial charge in [0.05, 0.1) is 6.04 Å². The summed E-state index contributed by atoms with van der Waals surface area (Å²) < 4.78 is 5.20. The van der Waals surface area contributed by atoms with Crippen molar-refractivity contribution in [2.24, 2.45) is 5.92 Å². The summed E-state index contributed by atoms with van der Waals surface area (Å²) in [5, 5.41) is 2.89. The Morgan fingerprint density at radius 1 is 1.26 bits per heavy atom. The molecule has 1 aromatic rings. The molecule has 1 amide bonds. The summed E-state index contributed by atoms with van der Waals surface area (Å²) in [5.41, 5.74) is 1.00. The fourth-order valence-corrected chi connectivity index (χ4v) is 2.25. The van der Waals surface area contributed by atoms with Gasteiger partial charge >= 0.3 is 6.09 Å². The lowest BCUT2D eigenvalue weighted by Crippen LogP contribution is -2.35. The lowest BCUT2D eigenvalue weighted by molar-refractivity contribution is 0.136. The highest BCUT2D eigenvalue weighted by atomic mass is 16.5. The molecule has 102 valence electrons. The van der Waals surface area contributed by atoms with Crippen LogP contribution in [0.1, 0.15) is 31.7 Å². The van der Waals surface area contributed by atoms with Gasteiger partial charge in [-0.2, -0.15) is 0 Å². The minimum absolute atomic E-state index is 0.117. The van der Waals surface area contributed by atoms with E-state index in [1.165, 1.54) is 6.42 Å². The van der Waals surface area contributed by atoms with Crippen molar-refractivity contribution >= 4 is 6.09 Å². The Morgan fingerprint density at radius 2 is 2.05 bits per heavy atom. The third kappa shape index (κ3) is 4.43. The van der Waals surface area contributed by atoms with E-state index in [0.29, 0.717) is 12.5 Å². The number of carbonyl (C=O) groups excluding carboxylic acids is 1. The maximum absolute atomic E-state index is 11.7. The van der Waals surface area contributed by atoms with E-state index < -0.39 is 0 Å². The van der Waals surface area contributed by atoms with E-state index in [0.717, 1.165) is 18.4 Å². The molecule has 0 radical (unpaired) electrons. The van der Waals surface area contributed by atoms with Gasteiger partial charge in [-0.05, 0) is 30.7 Å².